The zero-order valence-corrected chi connectivity index (χ0v) is 10.7. The molecule has 0 unspecified atom stereocenters. The molecule has 3 aromatic carbocycles. The Morgan fingerprint density at radius 3 is 2.42 bits per heavy atom. The molecule has 0 atom stereocenters. The van der Waals surface area contributed by atoms with Gasteiger partial charge in [-0.2, -0.15) is 8.42 Å². The molecule has 0 aliphatic carbocycles. The molecule has 3 rings (SSSR count). The van der Waals surface area contributed by atoms with Crippen LogP contribution in [0, 0.1) is 0 Å². The molecule has 4 nitrogen and oxygen atoms in total. The van der Waals surface area contributed by atoms with Crippen LogP contribution < -0.4 is 5.73 Å². The molecular formula is C14H11NO3S. The summed E-state index contributed by atoms with van der Waals surface area (Å²) in [6, 6.07) is 13.8. The van der Waals surface area contributed by atoms with Crippen LogP contribution in [-0.2, 0) is 10.1 Å². The first-order valence-corrected chi connectivity index (χ1v) is 7.09. The van der Waals surface area contributed by atoms with E-state index < -0.39 is 10.1 Å². The highest BCUT2D eigenvalue weighted by atomic mass is 32.2. The van der Waals surface area contributed by atoms with E-state index in [0.29, 0.717) is 5.69 Å². The standard InChI is InChI=1S/C14H11NO3S/c15-14-3-1-2-10-6-11-7-12(19(16,17)18)5-4-9(11)8-13(10)14/h1-8H,15H2,(H,16,17,18). The molecular weight excluding hydrogens is 262 g/mol. The van der Waals surface area contributed by atoms with E-state index in [4.69, 9.17) is 10.3 Å². The van der Waals surface area contributed by atoms with Gasteiger partial charge in [0, 0.05) is 11.1 Å². The molecule has 3 aromatic rings. The Balaban J connectivity index is 2.39. The number of hydrogen-bond donors (Lipinski definition) is 2. The number of rotatable bonds is 1. The summed E-state index contributed by atoms with van der Waals surface area (Å²) in [5.41, 5.74) is 6.59. The summed E-state index contributed by atoms with van der Waals surface area (Å²) in [6.07, 6.45) is 0. The van der Waals surface area contributed by atoms with Crippen molar-refractivity contribution in [1.82, 2.24) is 0 Å². The van der Waals surface area contributed by atoms with Crippen molar-refractivity contribution in [2.75, 3.05) is 5.73 Å². The molecule has 0 fully saturated rings. The van der Waals surface area contributed by atoms with Crippen LogP contribution in [0.4, 0.5) is 5.69 Å². The van der Waals surface area contributed by atoms with Crippen LogP contribution in [0.15, 0.2) is 53.4 Å². The summed E-state index contributed by atoms with van der Waals surface area (Å²) < 4.78 is 31.3. The Kier molecular flexibility index (Phi) is 2.48. The van der Waals surface area contributed by atoms with Crippen LogP contribution in [0.1, 0.15) is 0 Å². The monoisotopic (exact) mass is 273 g/mol. The molecule has 0 aliphatic rings. The van der Waals surface area contributed by atoms with Gasteiger partial charge in [0.1, 0.15) is 0 Å². The number of nitrogens with two attached hydrogens (primary N) is 1. The Hall–Kier alpha value is -2.11. The third kappa shape index (κ3) is 2.03. The molecule has 3 N–H and O–H groups in total. The maximum absolute atomic E-state index is 11.1. The predicted molar refractivity (Wildman–Crippen MR) is 75.7 cm³/mol. The molecule has 0 radical (unpaired) electrons. The van der Waals surface area contributed by atoms with Crippen molar-refractivity contribution in [3.63, 3.8) is 0 Å². The number of anilines is 1. The second kappa shape index (κ2) is 3.94. The Labute approximate surface area is 110 Å². The summed E-state index contributed by atoms with van der Waals surface area (Å²) in [5, 5.41) is 3.47. The summed E-state index contributed by atoms with van der Waals surface area (Å²) in [7, 11) is -4.18. The first kappa shape index (κ1) is 12.0. The SMILES string of the molecule is Nc1cccc2cc3cc(S(=O)(=O)O)ccc3cc12. The zero-order chi connectivity index (χ0) is 13.6. The van der Waals surface area contributed by atoms with Gasteiger partial charge in [-0.3, -0.25) is 4.55 Å². The summed E-state index contributed by atoms with van der Waals surface area (Å²) in [4.78, 5) is -0.108. The number of fused-ring (bicyclic) bond motifs is 2. The Bertz CT molecular complexity index is 901. The molecule has 0 amide bonds. The lowest BCUT2D eigenvalue weighted by molar-refractivity contribution is 0.483. The normalized spacial score (nSPS) is 12.1. The van der Waals surface area contributed by atoms with E-state index in [1.807, 2.05) is 30.3 Å². The van der Waals surface area contributed by atoms with E-state index in [-0.39, 0.29) is 4.90 Å². The molecule has 0 saturated carbocycles. The first-order chi connectivity index (χ1) is 8.95. The van der Waals surface area contributed by atoms with Gasteiger partial charge in [0.2, 0.25) is 0 Å². The van der Waals surface area contributed by atoms with E-state index in [0.717, 1.165) is 21.5 Å². The smallest absolute Gasteiger partial charge is 0.294 e. The molecule has 0 aromatic heterocycles. The van der Waals surface area contributed by atoms with Gasteiger partial charge >= 0.3 is 0 Å². The van der Waals surface area contributed by atoms with E-state index >= 15 is 0 Å². The molecule has 0 aliphatic heterocycles. The van der Waals surface area contributed by atoms with Crippen molar-refractivity contribution in [3.05, 3.63) is 48.5 Å². The average molecular weight is 273 g/mol. The van der Waals surface area contributed by atoms with E-state index in [1.165, 1.54) is 12.1 Å². The molecule has 5 heteroatoms. The minimum Gasteiger partial charge on any atom is -0.398 e. The van der Waals surface area contributed by atoms with Crippen LogP contribution in [0.5, 0.6) is 0 Å². The fourth-order valence-corrected chi connectivity index (χ4v) is 2.70. The molecule has 0 bridgehead atoms. The number of hydrogen-bond acceptors (Lipinski definition) is 3. The fraction of sp³-hybridized carbons (Fsp3) is 0. The summed E-state index contributed by atoms with van der Waals surface area (Å²) >= 11 is 0. The minimum absolute atomic E-state index is 0.108. The van der Waals surface area contributed by atoms with Gasteiger partial charge in [-0.1, -0.05) is 18.2 Å². The maximum Gasteiger partial charge on any atom is 0.294 e. The van der Waals surface area contributed by atoms with Gasteiger partial charge in [-0.25, -0.2) is 0 Å². The second-order valence-corrected chi connectivity index (χ2v) is 5.83. The van der Waals surface area contributed by atoms with Crippen LogP contribution in [0.25, 0.3) is 21.5 Å². The summed E-state index contributed by atoms with van der Waals surface area (Å²) in [5.74, 6) is 0. The molecule has 0 heterocycles. The van der Waals surface area contributed by atoms with E-state index in [1.54, 1.807) is 6.07 Å². The highest BCUT2D eigenvalue weighted by molar-refractivity contribution is 7.85. The lowest BCUT2D eigenvalue weighted by Gasteiger charge is -2.06. The third-order valence-corrected chi connectivity index (χ3v) is 3.99. The van der Waals surface area contributed by atoms with Crippen molar-refractivity contribution in [1.29, 1.82) is 0 Å². The van der Waals surface area contributed by atoms with Gasteiger partial charge in [-0.15, -0.1) is 0 Å². The van der Waals surface area contributed by atoms with Crippen LogP contribution >= 0.6 is 0 Å². The van der Waals surface area contributed by atoms with Crippen LogP contribution in [0.3, 0.4) is 0 Å². The quantitative estimate of drug-likeness (QED) is 0.406. The highest BCUT2D eigenvalue weighted by Crippen LogP contribution is 2.28. The number of nitrogen functional groups attached to an aromatic ring is 1. The lowest BCUT2D eigenvalue weighted by atomic mass is 10.0. The van der Waals surface area contributed by atoms with Crippen LogP contribution in [-0.4, -0.2) is 13.0 Å². The van der Waals surface area contributed by atoms with Gasteiger partial charge in [0.25, 0.3) is 10.1 Å². The number of benzene rings is 3. The Morgan fingerprint density at radius 2 is 1.68 bits per heavy atom. The van der Waals surface area contributed by atoms with E-state index in [2.05, 4.69) is 0 Å². The largest absolute Gasteiger partial charge is 0.398 e. The van der Waals surface area contributed by atoms with Gasteiger partial charge in [-0.05, 0) is 46.5 Å². The van der Waals surface area contributed by atoms with Crippen molar-refractivity contribution in [2.24, 2.45) is 0 Å². The molecule has 19 heavy (non-hydrogen) atoms. The van der Waals surface area contributed by atoms with E-state index in [9.17, 15) is 8.42 Å². The highest BCUT2D eigenvalue weighted by Gasteiger charge is 2.10. The van der Waals surface area contributed by atoms with Gasteiger partial charge in [0.15, 0.2) is 0 Å². The second-order valence-electron chi connectivity index (χ2n) is 4.40. The van der Waals surface area contributed by atoms with Gasteiger partial charge in [0.05, 0.1) is 4.90 Å². The molecule has 0 saturated heterocycles. The molecule has 96 valence electrons. The van der Waals surface area contributed by atoms with Crippen molar-refractivity contribution >= 4 is 37.4 Å². The average Bonchev–Trinajstić information content (AvgIpc) is 2.35. The van der Waals surface area contributed by atoms with Crippen molar-refractivity contribution in [3.8, 4) is 0 Å². The topological polar surface area (TPSA) is 80.4 Å². The maximum atomic E-state index is 11.1. The van der Waals surface area contributed by atoms with Crippen LogP contribution in [0.2, 0.25) is 0 Å². The van der Waals surface area contributed by atoms with Crippen molar-refractivity contribution in [2.45, 2.75) is 4.90 Å². The fourth-order valence-electron chi connectivity index (χ4n) is 2.19. The van der Waals surface area contributed by atoms with Gasteiger partial charge < -0.3 is 5.73 Å². The predicted octanol–water partition coefficient (Wildman–Crippen LogP) is 2.82. The summed E-state index contributed by atoms with van der Waals surface area (Å²) in [6.45, 7) is 0. The zero-order valence-electron chi connectivity index (χ0n) is 9.87. The first-order valence-electron chi connectivity index (χ1n) is 5.65. The third-order valence-electron chi connectivity index (χ3n) is 3.14. The minimum atomic E-state index is -4.18. The Morgan fingerprint density at radius 1 is 0.895 bits per heavy atom. The van der Waals surface area contributed by atoms with Crippen molar-refractivity contribution < 1.29 is 13.0 Å². The molecule has 0 spiro atoms. The lowest BCUT2D eigenvalue weighted by Crippen LogP contribution is -1.97.